The predicted octanol–water partition coefficient (Wildman–Crippen LogP) is 3.09. The molecule has 2 aromatic heterocycles. The topological polar surface area (TPSA) is 56.1 Å². The maximum atomic E-state index is 12.1. The number of benzene rings is 1. The van der Waals surface area contributed by atoms with Gasteiger partial charge in [-0.05, 0) is 36.4 Å². The number of thiazole rings is 1. The highest BCUT2D eigenvalue weighted by atomic mass is 32.1. The molecule has 0 bridgehead atoms. The molecular weight excluding hydrogens is 310 g/mol. The van der Waals surface area contributed by atoms with Crippen LogP contribution in [0.2, 0.25) is 0 Å². The van der Waals surface area contributed by atoms with Crippen molar-refractivity contribution in [1.29, 1.82) is 0 Å². The molecule has 0 spiro atoms. The standard InChI is InChI=1S/C17H17N3O2S/c1-20-9-3-4-15(20)16(21)18-10-13-11-23-17(19-13)12-5-7-14(22-2)8-6-12/h3-9,11H,10H2,1-2H3,(H,18,21). The fraction of sp³-hybridized carbons (Fsp3) is 0.176. The molecule has 3 aromatic rings. The lowest BCUT2D eigenvalue weighted by Crippen LogP contribution is -2.24. The van der Waals surface area contributed by atoms with Gasteiger partial charge < -0.3 is 14.6 Å². The summed E-state index contributed by atoms with van der Waals surface area (Å²) in [6.45, 7) is 0.413. The average Bonchev–Trinajstić information content (AvgIpc) is 3.22. The first-order valence-electron chi connectivity index (χ1n) is 7.16. The van der Waals surface area contributed by atoms with Crippen molar-refractivity contribution < 1.29 is 9.53 Å². The second kappa shape index (κ2) is 6.66. The number of carbonyl (C=O) groups is 1. The number of hydrogen-bond donors (Lipinski definition) is 1. The molecule has 1 amide bonds. The Bertz CT molecular complexity index is 805. The molecule has 0 saturated carbocycles. The summed E-state index contributed by atoms with van der Waals surface area (Å²) >= 11 is 1.56. The average molecular weight is 327 g/mol. The molecular formula is C17H17N3O2S. The normalized spacial score (nSPS) is 10.5. The predicted molar refractivity (Wildman–Crippen MR) is 90.7 cm³/mol. The summed E-state index contributed by atoms with van der Waals surface area (Å²) in [7, 11) is 3.49. The summed E-state index contributed by atoms with van der Waals surface area (Å²) < 4.78 is 6.94. The van der Waals surface area contributed by atoms with Crippen molar-refractivity contribution in [1.82, 2.24) is 14.9 Å². The highest BCUT2D eigenvalue weighted by Crippen LogP contribution is 2.25. The van der Waals surface area contributed by atoms with Gasteiger partial charge >= 0.3 is 0 Å². The van der Waals surface area contributed by atoms with Gasteiger partial charge in [-0.2, -0.15) is 0 Å². The molecule has 0 aliphatic carbocycles. The molecule has 118 valence electrons. The maximum Gasteiger partial charge on any atom is 0.268 e. The van der Waals surface area contributed by atoms with Gasteiger partial charge in [0.1, 0.15) is 16.5 Å². The lowest BCUT2D eigenvalue weighted by molar-refractivity contribution is 0.0942. The largest absolute Gasteiger partial charge is 0.497 e. The molecule has 1 aromatic carbocycles. The molecule has 0 saturated heterocycles. The summed E-state index contributed by atoms with van der Waals surface area (Å²) in [6.07, 6.45) is 1.85. The van der Waals surface area contributed by atoms with Crippen LogP contribution in [0.1, 0.15) is 16.2 Å². The zero-order chi connectivity index (χ0) is 16.2. The Morgan fingerprint density at radius 2 is 2.09 bits per heavy atom. The van der Waals surface area contributed by atoms with Gasteiger partial charge in [0.05, 0.1) is 19.3 Å². The van der Waals surface area contributed by atoms with Crippen LogP contribution in [0.15, 0.2) is 48.0 Å². The Morgan fingerprint density at radius 1 is 1.30 bits per heavy atom. The lowest BCUT2D eigenvalue weighted by Gasteiger charge is -2.04. The van der Waals surface area contributed by atoms with Gasteiger partial charge in [0, 0.05) is 24.2 Å². The molecule has 0 aliphatic heterocycles. The van der Waals surface area contributed by atoms with E-state index in [0.717, 1.165) is 22.0 Å². The molecule has 0 aliphatic rings. The summed E-state index contributed by atoms with van der Waals surface area (Å²) in [5, 5.41) is 5.78. The molecule has 0 atom stereocenters. The van der Waals surface area contributed by atoms with E-state index in [1.807, 2.05) is 49.0 Å². The summed E-state index contributed by atoms with van der Waals surface area (Å²) in [6, 6.07) is 11.4. The number of methoxy groups -OCH3 is 1. The fourth-order valence-corrected chi connectivity index (χ4v) is 3.04. The van der Waals surface area contributed by atoms with Crippen molar-refractivity contribution in [3.05, 3.63) is 59.4 Å². The van der Waals surface area contributed by atoms with Crippen molar-refractivity contribution in [3.8, 4) is 16.3 Å². The van der Waals surface area contributed by atoms with E-state index in [1.165, 1.54) is 0 Å². The van der Waals surface area contributed by atoms with E-state index in [1.54, 1.807) is 29.1 Å². The van der Waals surface area contributed by atoms with Gasteiger partial charge in [-0.25, -0.2) is 4.98 Å². The number of nitrogens with one attached hydrogen (secondary N) is 1. The summed E-state index contributed by atoms with van der Waals surface area (Å²) in [4.78, 5) is 16.6. The smallest absolute Gasteiger partial charge is 0.268 e. The van der Waals surface area contributed by atoms with Crippen molar-refractivity contribution >= 4 is 17.2 Å². The van der Waals surface area contributed by atoms with E-state index in [0.29, 0.717) is 12.2 Å². The zero-order valence-corrected chi connectivity index (χ0v) is 13.8. The van der Waals surface area contributed by atoms with E-state index in [-0.39, 0.29) is 5.91 Å². The molecule has 0 unspecified atom stereocenters. The third-order valence-corrected chi connectivity index (χ3v) is 4.44. The van der Waals surface area contributed by atoms with Gasteiger partial charge in [0.25, 0.3) is 5.91 Å². The highest BCUT2D eigenvalue weighted by molar-refractivity contribution is 7.13. The summed E-state index contributed by atoms with van der Waals surface area (Å²) in [5.41, 5.74) is 2.52. The van der Waals surface area contributed by atoms with Crippen molar-refractivity contribution in [2.75, 3.05) is 7.11 Å². The third-order valence-electron chi connectivity index (χ3n) is 3.50. The molecule has 2 heterocycles. The van der Waals surface area contributed by atoms with Crippen molar-refractivity contribution in [2.45, 2.75) is 6.54 Å². The van der Waals surface area contributed by atoms with Gasteiger partial charge in [0.15, 0.2) is 0 Å². The number of ether oxygens (including phenoxy) is 1. The van der Waals surface area contributed by atoms with E-state index in [2.05, 4.69) is 10.3 Å². The van der Waals surface area contributed by atoms with Crippen LogP contribution >= 0.6 is 11.3 Å². The Balaban J connectivity index is 1.65. The quantitative estimate of drug-likeness (QED) is 0.783. The van der Waals surface area contributed by atoms with Gasteiger partial charge in [-0.15, -0.1) is 11.3 Å². The monoisotopic (exact) mass is 327 g/mol. The molecule has 3 rings (SSSR count). The minimum atomic E-state index is -0.100. The molecule has 0 radical (unpaired) electrons. The second-order valence-electron chi connectivity index (χ2n) is 5.06. The maximum absolute atomic E-state index is 12.1. The Kier molecular flexibility index (Phi) is 4.43. The third kappa shape index (κ3) is 3.43. The Morgan fingerprint density at radius 3 is 2.74 bits per heavy atom. The van der Waals surface area contributed by atoms with Crippen molar-refractivity contribution in [2.24, 2.45) is 7.05 Å². The minimum Gasteiger partial charge on any atom is -0.497 e. The van der Waals surface area contributed by atoms with Crippen LogP contribution in [-0.2, 0) is 13.6 Å². The molecule has 0 fully saturated rings. The molecule has 23 heavy (non-hydrogen) atoms. The van der Waals surface area contributed by atoms with E-state index in [9.17, 15) is 4.79 Å². The molecule has 5 nitrogen and oxygen atoms in total. The first-order valence-corrected chi connectivity index (χ1v) is 8.03. The van der Waals surface area contributed by atoms with E-state index < -0.39 is 0 Å². The second-order valence-corrected chi connectivity index (χ2v) is 5.92. The molecule has 1 N–H and O–H groups in total. The van der Waals surface area contributed by atoms with E-state index >= 15 is 0 Å². The van der Waals surface area contributed by atoms with Gasteiger partial charge in [-0.3, -0.25) is 4.79 Å². The first kappa shape index (κ1) is 15.3. The Labute approximate surface area is 138 Å². The van der Waals surface area contributed by atoms with Gasteiger partial charge in [-0.1, -0.05) is 0 Å². The molecule has 6 heteroatoms. The number of aromatic nitrogens is 2. The zero-order valence-electron chi connectivity index (χ0n) is 12.9. The van der Waals surface area contributed by atoms with Crippen LogP contribution in [0.4, 0.5) is 0 Å². The first-order chi connectivity index (χ1) is 11.2. The van der Waals surface area contributed by atoms with E-state index in [4.69, 9.17) is 4.74 Å². The highest BCUT2D eigenvalue weighted by Gasteiger charge is 2.10. The van der Waals surface area contributed by atoms with Crippen LogP contribution in [0.3, 0.4) is 0 Å². The van der Waals surface area contributed by atoms with Crippen LogP contribution in [0.5, 0.6) is 5.75 Å². The number of carbonyl (C=O) groups excluding carboxylic acids is 1. The van der Waals surface area contributed by atoms with Crippen molar-refractivity contribution in [3.63, 3.8) is 0 Å². The number of nitrogens with zero attached hydrogens (tertiary/aromatic N) is 2. The summed E-state index contributed by atoms with van der Waals surface area (Å²) in [5.74, 6) is 0.719. The van der Waals surface area contributed by atoms with Gasteiger partial charge in [0.2, 0.25) is 0 Å². The minimum absolute atomic E-state index is 0.100. The van der Waals surface area contributed by atoms with Crippen LogP contribution in [0, 0.1) is 0 Å². The number of aryl methyl sites for hydroxylation is 1. The van der Waals surface area contributed by atoms with Crippen LogP contribution < -0.4 is 10.1 Å². The fourth-order valence-electron chi connectivity index (χ4n) is 2.21. The van der Waals surface area contributed by atoms with Crippen LogP contribution in [-0.4, -0.2) is 22.6 Å². The number of hydrogen-bond acceptors (Lipinski definition) is 4. The Hall–Kier alpha value is -2.60. The SMILES string of the molecule is COc1ccc(-c2nc(CNC(=O)c3cccn3C)cs2)cc1. The lowest BCUT2D eigenvalue weighted by atomic mass is 10.2. The number of rotatable bonds is 5. The number of amides is 1. The van der Waals surface area contributed by atoms with Crippen LogP contribution in [0.25, 0.3) is 10.6 Å².